The molecule has 0 aromatic heterocycles. The third-order valence-electron chi connectivity index (χ3n) is 3.05. The van der Waals surface area contributed by atoms with E-state index in [0.29, 0.717) is 25.7 Å². The summed E-state index contributed by atoms with van der Waals surface area (Å²) in [5.74, 6) is 1.34. The van der Waals surface area contributed by atoms with Gasteiger partial charge in [-0.3, -0.25) is 0 Å². The van der Waals surface area contributed by atoms with Crippen molar-refractivity contribution in [2.75, 3.05) is 26.9 Å². The number of carbonyl (C=O) groups excluding carboxylic acids is 1. The number of amides is 2. The minimum absolute atomic E-state index is 0.000244. The van der Waals surface area contributed by atoms with Gasteiger partial charge in [0.05, 0.1) is 19.8 Å². The lowest BCUT2D eigenvalue weighted by atomic mass is 10.1. The summed E-state index contributed by atoms with van der Waals surface area (Å²) < 4.78 is 10.6. The van der Waals surface area contributed by atoms with Gasteiger partial charge in [-0.1, -0.05) is 26.0 Å². The fourth-order valence-corrected chi connectivity index (χ4v) is 1.91. The van der Waals surface area contributed by atoms with Crippen molar-refractivity contribution in [2.24, 2.45) is 5.92 Å². The molecule has 0 heterocycles. The number of hydrogen-bond donors (Lipinski definition) is 2. The van der Waals surface area contributed by atoms with Crippen molar-refractivity contribution in [1.82, 2.24) is 10.6 Å². The molecule has 0 aliphatic heterocycles. The van der Waals surface area contributed by atoms with Crippen LogP contribution in [0.1, 0.15) is 26.3 Å². The molecular weight excluding hydrogens is 280 g/mol. The van der Waals surface area contributed by atoms with Crippen molar-refractivity contribution >= 4 is 6.03 Å². The molecule has 0 saturated heterocycles. The Hall–Kier alpha value is -1.75. The Bertz CT molecular complexity index is 432. The summed E-state index contributed by atoms with van der Waals surface area (Å²) in [5, 5.41) is 5.72. The molecular formula is C17H28N2O3. The predicted octanol–water partition coefficient (Wildman–Crippen LogP) is 2.60. The second-order valence-corrected chi connectivity index (χ2v) is 5.83. The van der Waals surface area contributed by atoms with Crippen molar-refractivity contribution in [3.63, 3.8) is 0 Å². The van der Waals surface area contributed by atoms with E-state index in [1.807, 2.05) is 31.2 Å². The van der Waals surface area contributed by atoms with E-state index in [9.17, 15) is 4.79 Å². The summed E-state index contributed by atoms with van der Waals surface area (Å²) in [6.45, 7) is 7.98. The molecule has 1 rings (SSSR count). The first-order chi connectivity index (χ1) is 10.5. The van der Waals surface area contributed by atoms with Crippen LogP contribution in [0.15, 0.2) is 24.3 Å². The monoisotopic (exact) mass is 308 g/mol. The standard InChI is InChI=1S/C17H28N2O3/c1-13(2)11-22-12-14(3)19-17(20)18-10-9-15-5-7-16(21-4)8-6-15/h5-8,13-14H,9-12H2,1-4H3,(H2,18,19,20). The van der Waals surface area contributed by atoms with Gasteiger partial charge in [0, 0.05) is 13.2 Å². The average Bonchev–Trinajstić information content (AvgIpc) is 2.47. The van der Waals surface area contributed by atoms with Crippen LogP contribution < -0.4 is 15.4 Å². The number of nitrogens with one attached hydrogen (secondary N) is 2. The van der Waals surface area contributed by atoms with E-state index in [1.165, 1.54) is 0 Å². The second kappa shape index (κ2) is 10.1. The maximum atomic E-state index is 11.7. The summed E-state index contributed by atoms with van der Waals surface area (Å²) in [6, 6.07) is 7.68. The van der Waals surface area contributed by atoms with Gasteiger partial charge in [-0.25, -0.2) is 4.79 Å². The van der Waals surface area contributed by atoms with Gasteiger partial charge in [0.25, 0.3) is 0 Å². The zero-order valence-corrected chi connectivity index (χ0v) is 14.0. The minimum Gasteiger partial charge on any atom is -0.497 e. The Morgan fingerprint density at radius 2 is 1.82 bits per heavy atom. The van der Waals surface area contributed by atoms with Gasteiger partial charge in [0.1, 0.15) is 5.75 Å². The van der Waals surface area contributed by atoms with Crippen LogP contribution in [0.4, 0.5) is 4.79 Å². The van der Waals surface area contributed by atoms with Crippen molar-refractivity contribution in [3.05, 3.63) is 29.8 Å². The largest absolute Gasteiger partial charge is 0.497 e. The van der Waals surface area contributed by atoms with Gasteiger partial charge in [0.15, 0.2) is 0 Å². The number of urea groups is 1. The zero-order chi connectivity index (χ0) is 16.4. The third kappa shape index (κ3) is 7.88. The Labute approximate surface area is 133 Å². The Kier molecular flexibility index (Phi) is 8.36. The lowest BCUT2D eigenvalue weighted by Gasteiger charge is -2.15. The minimum atomic E-state index is -0.158. The molecule has 0 bridgehead atoms. The Balaban J connectivity index is 2.16. The molecule has 2 amide bonds. The van der Waals surface area contributed by atoms with Gasteiger partial charge in [-0.2, -0.15) is 0 Å². The van der Waals surface area contributed by atoms with Crippen LogP contribution in [0.2, 0.25) is 0 Å². The van der Waals surface area contributed by atoms with E-state index in [-0.39, 0.29) is 12.1 Å². The van der Waals surface area contributed by atoms with E-state index in [4.69, 9.17) is 9.47 Å². The zero-order valence-electron chi connectivity index (χ0n) is 14.0. The lowest BCUT2D eigenvalue weighted by molar-refractivity contribution is 0.0954. The van der Waals surface area contributed by atoms with Crippen LogP contribution in [-0.2, 0) is 11.2 Å². The second-order valence-electron chi connectivity index (χ2n) is 5.83. The van der Waals surface area contributed by atoms with Crippen LogP contribution in [0.3, 0.4) is 0 Å². The van der Waals surface area contributed by atoms with Gasteiger partial charge < -0.3 is 20.1 Å². The number of carbonyl (C=O) groups is 1. The smallest absolute Gasteiger partial charge is 0.315 e. The molecule has 124 valence electrons. The highest BCUT2D eigenvalue weighted by Crippen LogP contribution is 2.11. The number of ether oxygens (including phenoxy) is 2. The molecule has 0 fully saturated rings. The van der Waals surface area contributed by atoms with Crippen LogP contribution >= 0.6 is 0 Å². The Morgan fingerprint density at radius 3 is 2.41 bits per heavy atom. The summed E-state index contributed by atoms with van der Waals surface area (Å²) in [4.78, 5) is 11.7. The highest BCUT2D eigenvalue weighted by Gasteiger charge is 2.07. The molecule has 2 N–H and O–H groups in total. The van der Waals surface area contributed by atoms with Crippen molar-refractivity contribution in [3.8, 4) is 5.75 Å². The van der Waals surface area contributed by atoms with Crippen molar-refractivity contribution < 1.29 is 14.3 Å². The van der Waals surface area contributed by atoms with E-state index in [1.54, 1.807) is 7.11 Å². The Morgan fingerprint density at radius 1 is 1.14 bits per heavy atom. The van der Waals surface area contributed by atoms with Crippen molar-refractivity contribution in [2.45, 2.75) is 33.2 Å². The molecule has 0 aliphatic rings. The summed E-state index contributed by atoms with van der Waals surface area (Å²) in [5.41, 5.74) is 1.16. The van der Waals surface area contributed by atoms with Gasteiger partial charge in [-0.05, 0) is 37.0 Å². The molecule has 1 aromatic carbocycles. The fourth-order valence-electron chi connectivity index (χ4n) is 1.91. The molecule has 1 atom stereocenters. The number of methoxy groups -OCH3 is 1. The maximum Gasteiger partial charge on any atom is 0.315 e. The van der Waals surface area contributed by atoms with Crippen LogP contribution in [0.25, 0.3) is 0 Å². The topological polar surface area (TPSA) is 59.6 Å². The predicted molar refractivity (Wildman–Crippen MR) is 88.4 cm³/mol. The quantitative estimate of drug-likeness (QED) is 0.737. The van der Waals surface area contributed by atoms with E-state index in [2.05, 4.69) is 24.5 Å². The molecule has 22 heavy (non-hydrogen) atoms. The number of benzene rings is 1. The normalized spacial score (nSPS) is 12.0. The SMILES string of the molecule is COc1ccc(CCNC(=O)NC(C)COCC(C)C)cc1. The van der Waals surface area contributed by atoms with Crippen LogP contribution in [-0.4, -0.2) is 38.9 Å². The van der Waals surface area contributed by atoms with E-state index >= 15 is 0 Å². The van der Waals surface area contributed by atoms with Crippen LogP contribution in [0, 0.1) is 5.92 Å². The van der Waals surface area contributed by atoms with E-state index in [0.717, 1.165) is 17.7 Å². The molecule has 0 aliphatic carbocycles. The molecule has 0 radical (unpaired) electrons. The fraction of sp³-hybridized carbons (Fsp3) is 0.588. The highest BCUT2D eigenvalue weighted by atomic mass is 16.5. The summed E-state index contributed by atoms with van der Waals surface area (Å²) >= 11 is 0. The first-order valence-corrected chi connectivity index (χ1v) is 7.76. The lowest BCUT2D eigenvalue weighted by Crippen LogP contribution is -2.43. The van der Waals surface area contributed by atoms with Crippen molar-refractivity contribution in [1.29, 1.82) is 0 Å². The molecule has 0 spiro atoms. The summed E-state index contributed by atoms with van der Waals surface area (Å²) in [6.07, 6.45) is 0.787. The average molecular weight is 308 g/mol. The summed E-state index contributed by atoms with van der Waals surface area (Å²) in [7, 11) is 1.65. The number of hydrogen-bond acceptors (Lipinski definition) is 3. The maximum absolute atomic E-state index is 11.7. The molecule has 1 aromatic rings. The van der Waals surface area contributed by atoms with Gasteiger partial charge in [-0.15, -0.1) is 0 Å². The molecule has 5 nitrogen and oxygen atoms in total. The highest BCUT2D eigenvalue weighted by molar-refractivity contribution is 5.74. The van der Waals surface area contributed by atoms with Gasteiger partial charge in [0.2, 0.25) is 0 Å². The molecule has 0 saturated carbocycles. The molecule has 1 unspecified atom stereocenters. The third-order valence-corrected chi connectivity index (χ3v) is 3.05. The van der Waals surface area contributed by atoms with Gasteiger partial charge >= 0.3 is 6.03 Å². The van der Waals surface area contributed by atoms with E-state index < -0.39 is 0 Å². The molecule has 5 heteroatoms. The number of rotatable bonds is 9. The van der Waals surface area contributed by atoms with Crippen LogP contribution in [0.5, 0.6) is 5.75 Å². The first-order valence-electron chi connectivity index (χ1n) is 7.76. The first kappa shape index (κ1) is 18.3.